The lowest BCUT2D eigenvalue weighted by molar-refractivity contribution is 0.0953. The van der Waals surface area contributed by atoms with Gasteiger partial charge in [-0.25, -0.2) is 4.98 Å². The van der Waals surface area contributed by atoms with Gasteiger partial charge < -0.3 is 15.4 Å². The molecule has 0 spiro atoms. The third kappa shape index (κ3) is 7.49. The Bertz CT molecular complexity index is 627. The highest BCUT2D eigenvalue weighted by Gasteiger charge is 2.06. The zero-order chi connectivity index (χ0) is 15.8. The van der Waals surface area contributed by atoms with Gasteiger partial charge in [0.2, 0.25) is 5.88 Å². The van der Waals surface area contributed by atoms with Crippen LogP contribution in [-0.4, -0.2) is 30.5 Å². The number of pyridine rings is 1. The number of ether oxygens (including phenoxy) is 1. The lowest BCUT2D eigenvalue weighted by Crippen LogP contribution is -2.31. The van der Waals surface area contributed by atoms with Crippen LogP contribution in [0.15, 0.2) is 47.1 Å². The summed E-state index contributed by atoms with van der Waals surface area (Å²) in [7, 11) is 0. The zero-order valence-corrected chi connectivity index (χ0v) is 16.3. The molecule has 0 fully saturated rings. The van der Waals surface area contributed by atoms with Gasteiger partial charge in [-0.3, -0.25) is 4.79 Å². The molecule has 0 atom stereocenters. The first-order valence-corrected chi connectivity index (χ1v) is 7.86. The topological polar surface area (TPSA) is 63.2 Å². The van der Waals surface area contributed by atoms with Crippen molar-refractivity contribution in [3.05, 3.63) is 52.6 Å². The van der Waals surface area contributed by atoms with E-state index in [-0.39, 0.29) is 30.7 Å². The van der Waals surface area contributed by atoms with Crippen LogP contribution in [0.4, 0.5) is 0 Å². The maximum absolute atomic E-state index is 11.9. The van der Waals surface area contributed by atoms with Crippen LogP contribution in [0, 0.1) is 0 Å². The van der Waals surface area contributed by atoms with Gasteiger partial charge in [-0.05, 0) is 30.8 Å². The molecular formula is C16H20BrCl2N3O2. The van der Waals surface area contributed by atoms with Crippen molar-refractivity contribution in [3.63, 3.8) is 0 Å². The van der Waals surface area contributed by atoms with E-state index >= 15 is 0 Å². The van der Waals surface area contributed by atoms with E-state index in [1.54, 1.807) is 12.1 Å². The smallest absolute Gasteiger partial charge is 0.252 e. The molecular weight excluding hydrogens is 417 g/mol. The average molecular weight is 437 g/mol. The summed E-state index contributed by atoms with van der Waals surface area (Å²) >= 11 is 3.38. The Kier molecular flexibility index (Phi) is 11.4. The number of carbonyl (C=O) groups excluding carboxylic acids is 1. The van der Waals surface area contributed by atoms with E-state index in [0.717, 1.165) is 17.6 Å². The maximum Gasteiger partial charge on any atom is 0.252 e. The van der Waals surface area contributed by atoms with Crippen LogP contribution < -0.4 is 15.4 Å². The van der Waals surface area contributed by atoms with E-state index in [9.17, 15) is 4.79 Å². The minimum Gasteiger partial charge on any atom is -0.439 e. The Balaban J connectivity index is 0.00000264. The molecule has 0 aliphatic rings. The van der Waals surface area contributed by atoms with E-state index in [1.165, 1.54) is 6.20 Å². The summed E-state index contributed by atoms with van der Waals surface area (Å²) in [6.07, 6.45) is 1.51. The second-order valence-electron chi connectivity index (χ2n) is 4.55. The van der Waals surface area contributed by atoms with Gasteiger partial charge in [0, 0.05) is 29.8 Å². The molecule has 2 rings (SSSR count). The third-order valence-corrected chi connectivity index (χ3v) is 3.35. The van der Waals surface area contributed by atoms with E-state index in [2.05, 4.69) is 31.5 Å². The van der Waals surface area contributed by atoms with Crippen molar-refractivity contribution in [1.82, 2.24) is 15.6 Å². The van der Waals surface area contributed by atoms with E-state index in [1.807, 2.05) is 31.2 Å². The van der Waals surface area contributed by atoms with Gasteiger partial charge >= 0.3 is 0 Å². The van der Waals surface area contributed by atoms with Crippen LogP contribution in [0.25, 0.3) is 0 Å². The standard InChI is InChI=1S/C16H18BrN3O2.2ClH/c1-2-18-8-9-19-16(21)12-6-7-15(20-11-12)22-14-5-3-4-13(17)10-14;;/h3-7,10-11,18H,2,8-9H2,1H3,(H,19,21);2*1H. The normalized spacial score (nSPS) is 9.42. The molecule has 2 N–H and O–H groups in total. The minimum atomic E-state index is -0.139. The van der Waals surface area contributed by atoms with Gasteiger partial charge in [0.25, 0.3) is 5.91 Å². The van der Waals surface area contributed by atoms with Crippen LogP contribution in [0.2, 0.25) is 0 Å². The molecule has 1 heterocycles. The Hall–Kier alpha value is -1.34. The summed E-state index contributed by atoms with van der Waals surface area (Å²) in [6, 6.07) is 10.9. The van der Waals surface area contributed by atoms with Gasteiger partial charge in [0.15, 0.2) is 0 Å². The summed E-state index contributed by atoms with van der Waals surface area (Å²) < 4.78 is 6.56. The first-order valence-electron chi connectivity index (χ1n) is 7.07. The van der Waals surface area contributed by atoms with Crippen molar-refractivity contribution in [3.8, 4) is 11.6 Å². The largest absolute Gasteiger partial charge is 0.439 e. The van der Waals surface area contributed by atoms with E-state index in [0.29, 0.717) is 23.7 Å². The first-order chi connectivity index (χ1) is 10.7. The zero-order valence-electron chi connectivity index (χ0n) is 13.1. The molecule has 0 aliphatic carbocycles. The molecule has 0 saturated heterocycles. The molecule has 1 amide bonds. The molecule has 0 unspecified atom stereocenters. The highest BCUT2D eigenvalue weighted by Crippen LogP contribution is 2.22. The molecule has 5 nitrogen and oxygen atoms in total. The predicted octanol–water partition coefficient (Wildman–Crippen LogP) is 3.82. The summed E-state index contributed by atoms with van der Waals surface area (Å²) in [4.78, 5) is 16.1. The van der Waals surface area contributed by atoms with Crippen molar-refractivity contribution < 1.29 is 9.53 Å². The molecule has 1 aromatic carbocycles. The molecule has 132 valence electrons. The molecule has 0 bridgehead atoms. The summed E-state index contributed by atoms with van der Waals surface area (Å²) in [5.41, 5.74) is 0.512. The van der Waals surface area contributed by atoms with Crippen molar-refractivity contribution in [2.24, 2.45) is 0 Å². The number of rotatable bonds is 7. The lowest BCUT2D eigenvalue weighted by Gasteiger charge is -2.07. The van der Waals surface area contributed by atoms with Gasteiger partial charge in [-0.2, -0.15) is 0 Å². The molecule has 0 saturated carbocycles. The van der Waals surface area contributed by atoms with Crippen LogP contribution in [0.3, 0.4) is 0 Å². The van der Waals surface area contributed by atoms with Crippen LogP contribution in [0.1, 0.15) is 17.3 Å². The molecule has 8 heteroatoms. The Morgan fingerprint density at radius 1 is 1.21 bits per heavy atom. The van der Waals surface area contributed by atoms with Gasteiger partial charge in [-0.15, -0.1) is 24.8 Å². The van der Waals surface area contributed by atoms with Gasteiger partial charge in [0.05, 0.1) is 5.56 Å². The Morgan fingerprint density at radius 2 is 2.00 bits per heavy atom. The fourth-order valence-electron chi connectivity index (χ4n) is 1.77. The number of nitrogens with one attached hydrogen (secondary N) is 2. The maximum atomic E-state index is 11.9. The predicted molar refractivity (Wildman–Crippen MR) is 104 cm³/mol. The van der Waals surface area contributed by atoms with Crippen molar-refractivity contribution in [1.29, 1.82) is 0 Å². The summed E-state index contributed by atoms with van der Waals surface area (Å²) in [5.74, 6) is 0.992. The van der Waals surface area contributed by atoms with Crippen LogP contribution >= 0.6 is 40.7 Å². The summed E-state index contributed by atoms with van der Waals surface area (Å²) in [6.45, 7) is 4.25. The number of carbonyl (C=O) groups is 1. The molecule has 0 aliphatic heterocycles. The van der Waals surface area contributed by atoms with Crippen molar-refractivity contribution in [2.45, 2.75) is 6.92 Å². The van der Waals surface area contributed by atoms with Gasteiger partial charge in [-0.1, -0.05) is 28.9 Å². The number of likely N-dealkylation sites (N-methyl/N-ethyl adjacent to an activating group) is 1. The van der Waals surface area contributed by atoms with Crippen LogP contribution in [-0.2, 0) is 0 Å². The number of benzene rings is 1. The third-order valence-electron chi connectivity index (χ3n) is 2.85. The van der Waals surface area contributed by atoms with E-state index in [4.69, 9.17) is 4.74 Å². The fourth-order valence-corrected chi connectivity index (χ4v) is 2.15. The second kappa shape index (κ2) is 12.1. The highest BCUT2D eigenvalue weighted by atomic mass is 79.9. The first kappa shape index (κ1) is 22.7. The molecule has 24 heavy (non-hydrogen) atoms. The Labute approximate surface area is 162 Å². The summed E-state index contributed by atoms with van der Waals surface area (Å²) in [5, 5.41) is 5.96. The van der Waals surface area contributed by atoms with Crippen LogP contribution in [0.5, 0.6) is 11.6 Å². The number of amides is 1. The van der Waals surface area contributed by atoms with Crippen molar-refractivity contribution in [2.75, 3.05) is 19.6 Å². The second-order valence-corrected chi connectivity index (χ2v) is 5.47. The molecule has 2 aromatic rings. The number of halogens is 3. The lowest BCUT2D eigenvalue weighted by atomic mass is 10.2. The monoisotopic (exact) mass is 435 g/mol. The number of nitrogens with zero attached hydrogens (tertiary/aromatic N) is 1. The van der Waals surface area contributed by atoms with Gasteiger partial charge in [0.1, 0.15) is 5.75 Å². The van der Waals surface area contributed by atoms with E-state index < -0.39 is 0 Å². The number of hydrogen-bond acceptors (Lipinski definition) is 4. The SMILES string of the molecule is CCNCCNC(=O)c1ccc(Oc2cccc(Br)c2)nc1.Cl.Cl. The molecule has 0 radical (unpaired) electrons. The number of aromatic nitrogens is 1. The highest BCUT2D eigenvalue weighted by molar-refractivity contribution is 9.10. The fraction of sp³-hybridized carbons (Fsp3) is 0.250. The quantitative estimate of drug-likeness (QED) is 0.647. The van der Waals surface area contributed by atoms with Crippen molar-refractivity contribution >= 4 is 46.7 Å². The Morgan fingerprint density at radius 3 is 2.62 bits per heavy atom. The minimum absolute atomic E-state index is 0. The average Bonchev–Trinajstić information content (AvgIpc) is 2.52. The molecule has 1 aromatic heterocycles. The number of hydrogen-bond donors (Lipinski definition) is 2.